The molecule has 0 saturated heterocycles. The summed E-state index contributed by atoms with van der Waals surface area (Å²) < 4.78 is 38.5. The van der Waals surface area contributed by atoms with Crippen molar-refractivity contribution in [3.63, 3.8) is 0 Å². The van der Waals surface area contributed by atoms with Gasteiger partial charge in [-0.2, -0.15) is 13.2 Å². The van der Waals surface area contributed by atoms with E-state index < -0.39 is 17.6 Å². The van der Waals surface area contributed by atoms with E-state index in [-0.39, 0.29) is 11.5 Å². The summed E-state index contributed by atoms with van der Waals surface area (Å²) in [5.74, 6) is -0.960. The molecule has 29 heavy (non-hydrogen) atoms. The lowest BCUT2D eigenvalue weighted by atomic mass is 10.1. The van der Waals surface area contributed by atoms with Gasteiger partial charge in [0.15, 0.2) is 0 Å². The van der Waals surface area contributed by atoms with Crippen LogP contribution in [0.4, 0.5) is 24.5 Å². The van der Waals surface area contributed by atoms with Gasteiger partial charge in [0.2, 0.25) is 0 Å². The number of H-pyrrole nitrogens is 1. The molecule has 0 radical (unpaired) electrons. The number of carbonyl (C=O) groups is 2. The molecule has 5 nitrogen and oxygen atoms in total. The number of benzene rings is 2. The van der Waals surface area contributed by atoms with Gasteiger partial charge in [0.05, 0.1) is 16.8 Å². The fourth-order valence-corrected chi connectivity index (χ4v) is 3.05. The first kappa shape index (κ1) is 18.5. The molecule has 0 saturated carbocycles. The SMILES string of the molecule is O=C1Nc2cc(NC(=O)c3cccc(C(F)(F)F)c3)ccc2C1=Cc1ccc[nH]1. The second-order valence-corrected chi connectivity index (χ2v) is 6.43. The Morgan fingerprint density at radius 3 is 2.59 bits per heavy atom. The smallest absolute Gasteiger partial charge is 0.362 e. The standard InChI is InChI=1S/C21H14F3N3O2/c22-21(23,24)13-4-1-3-12(9-13)19(28)26-15-6-7-16-17(10-14-5-2-8-25-14)20(29)27-18(16)11-15/h1-11,25H,(H,26,28)(H,27,29). The lowest BCUT2D eigenvalue weighted by molar-refractivity contribution is -0.137. The van der Waals surface area contributed by atoms with Crippen molar-refractivity contribution in [1.29, 1.82) is 0 Å². The highest BCUT2D eigenvalue weighted by molar-refractivity contribution is 6.35. The fourth-order valence-electron chi connectivity index (χ4n) is 3.05. The number of amides is 2. The second-order valence-electron chi connectivity index (χ2n) is 6.43. The van der Waals surface area contributed by atoms with Crippen LogP contribution in [0, 0.1) is 0 Å². The third-order valence-corrected chi connectivity index (χ3v) is 4.43. The van der Waals surface area contributed by atoms with E-state index in [0.717, 1.165) is 17.8 Å². The molecule has 1 aliphatic heterocycles. The summed E-state index contributed by atoms with van der Waals surface area (Å²) in [6, 6.07) is 12.6. The van der Waals surface area contributed by atoms with Gasteiger partial charge in [-0.1, -0.05) is 12.1 Å². The van der Waals surface area contributed by atoms with Crippen LogP contribution in [-0.4, -0.2) is 16.8 Å². The molecule has 0 aliphatic carbocycles. The van der Waals surface area contributed by atoms with E-state index in [1.54, 1.807) is 30.5 Å². The molecule has 4 rings (SSSR count). The molecule has 2 heterocycles. The molecule has 0 bridgehead atoms. The Bertz CT molecular complexity index is 1130. The second kappa shape index (κ2) is 6.97. The Morgan fingerprint density at radius 1 is 1.03 bits per heavy atom. The number of rotatable bonds is 3. The zero-order chi connectivity index (χ0) is 20.6. The molecule has 3 aromatic rings. The molecule has 2 amide bonds. The normalized spacial score (nSPS) is 14.6. The summed E-state index contributed by atoms with van der Waals surface area (Å²) in [6.07, 6.45) is -1.08. The molecule has 1 aliphatic rings. The summed E-state index contributed by atoms with van der Waals surface area (Å²) in [6.45, 7) is 0. The Balaban J connectivity index is 1.57. The van der Waals surface area contributed by atoms with Crippen molar-refractivity contribution in [2.45, 2.75) is 6.18 Å². The monoisotopic (exact) mass is 397 g/mol. The maximum atomic E-state index is 12.8. The number of hydrogen-bond donors (Lipinski definition) is 3. The number of aromatic amines is 1. The van der Waals surface area contributed by atoms with E-state index in [0.29, 0.717) is 22.5 Å². The number of carbonyl (C=O) groups excluding carboxylic acids is 2. The van der Waals surface area contributed by atoms with Gasteiger partial charge in [-0.25, -0.2) is 0 Å². The summed E-state index contributed by atoms with van der Waals surface area (Å²) in [7, 11) is 0. The lowest BCUT2D eigenvalue weighted by Gasteiger charge is -2.10. The minimum Gasteiger partial charge on any atom is -0.362 e. The largest absolute Gasteiger partial charge is 0.416 e. The highest BCUT2D eigenvalue weighted by atomic mass is 19.4. The first-order chi connectivity index (χ1) is 13.8. The van der Waals surface area contributed by atoms with E-state index >= 15 is 0 Å². The number of hydrogen-bond acceptors (Lipinski definition) is 2. The summed E-state index contributed by atoms with van der Waals surface area (Å²) in [5.41, 5.74) is 1.76. The maximum Gasteiger partial charge on any atom is 0.416 e. The van der Waals surface area contributed by atoms with E-state index in [4.69, 9.17) is 0 Å². The van der Waals surface area contributed by atoms with Crippen molar-refractivity contribution in [1.82, 2.24) is 4.98 Å². The van der Waals surface area contributed by atoms with Crippen molar-refractivity contribution in [3.05, 3.63) is 83.2 Å². The van der Waals surface area contributed by atoms with Crippen molar-refractivity contribution in [3.8, 4) is 0 Å². The van der Waals surface area contributed by atoms with Gasteiger partial charge in [-0.05, 0) is 48.5 Å². The van der Waals surface area contributed by atoms with Crippen LogP contribution < -0.4 is 10.6 Å². The van der Waals surface area contributed by atoms with Crippen LogP contribution >= 0.6 is 0 Å². The van der Waals surface area contributed by atoms with Crippen LogP contribution in [0.1, 0.15) is 27.2 Å². The van der Waals surface area contributed by atoms with Crippen LogP contribution in [0.5, 0.6) is 0 Å². The maximum absolute atomic E-state index is 12.8. The van der Waals surface area contributed by atoms with Gasteiger partial charge in [-0.3, -0.25) is 9.59 Å². The van der Waals surface area contributed by atoms with Gasteiger partial charge in [-0.15, -0.1) is 0 Å². The highest BCUT2D eigenvalue weighted by Gasteiger charge is 2.31. The first-order valence-corrected chi connectivity index (χ1v) is 8.61. The van der Waals surface area contributed by atoms with E-state index in [1.165, 1.54) is 12.1 Å². The van der Waals surface area contributed by atoms with Crippen molar-refractivity contribution < 1.29 is 22.8 Å². The average molecular weight is 397 g/mol. The Hall–Kier alpha value is -3.81. The Labute approximate surface area is 163 Å². The van der Waals surface area contributed by atoms with Crippen LogP contribution in [0.3, 0.4) is 0 Å². The van der Waals surface area contributed by atoms with Gasteiger partial charge in [0.1, 0.15) is 0 Å². The molecular weight excluding hydrogens is 383 g/mol. The Morgan fingerprint density at radius 2 is 1.86 bits per heavy atom. The molecule has 8 heteroatoms. The quantitative estimate of drug-likeness (QED) is 0.557. The van der Waals surface area contributed by atoms with Gasteiger partial charge in [0, 0.05) is 28.7 Å². The van der Waals surface area contributed by atoms with Crippen LogP contribution in [0.2, 0.25) is 0 Å². The number of fused-ring (bicyclic) bond motifs is 1. The zero-order valence-electron chi connectivity index (χ0n) is 14.8. The van der Waals surface area contributed by atoms with E-state index in [1.807, 2.05) is 12.1 Å². The predicted octanol–water partition coefficient (Wildman–Crippen LogP) is 4.78. The number of alkyl halides is 3. The topological polar surface area (TPSA) is 74.0 Å². The van der Waals surface area contributed by atoms with Crippen molar-refractivity contribution >= 4 is 34.8 Å². The molecule has 3 N–H and O–H groups in total. The lowest BCUT2D eigenvalue weighted by Crippen LogP contribution is -2.14. The minimum absolute atomic E-state index is 0.114. The number of nitrogens with one attached hydrogen (secondary N) is 3. The molecule has 1 aromatic heterocycles. The summed E-state index contributed by atoms with van der Waals surface area (Å²) in [4.78, 5) is 27.6. The molecule has 0 unspecified atom stereocenters. The summed E-state index contributed by atoms with van der Waals surface area (Å²) >= 11 is 0. The molecule has 146 valence electrons. The summed E-state index contributed by atoms with van der Waals surface area (Å²) in [5, 5.41) is 5.28. The van der Waals surface area contributed by atoms with Crippen LogP contribution in [-0.2, 0) is 11.0 Å². The predicted molar refractivity (Wildman–Crippen MR) is 103 cm³/mol. The first-order valence-electron chi connectivity index (χ1n) is 8.61. The Kier molecular flexibility index (Phi) is 4.46. The molecule has 2 aromatic carbocycles. The number of anilines is 2. The fraction of sp³-hybridized carbons (Fsp3) is 0.0476. The van der Waals surface area contributed by atoms with Gasteiger partial charge < -0.3 is 15.6 Å². The highest BCUT2D eigenvalue weighted by Crippen LogP contribution is 2.35. The van der Waals surface area contributed by atoms with E-state index in [2.05, 4.69) is 15.6 Å². The average Bonchev–Trinajstić information content (AvgIpc) is 3.29. The van der Waals surface area contributed by atoms with Crippen LogP contribution in [0.15, 0.2) is 60.8 Å². The molecule has 0 atom stereocenters. The van der Waals surface area contributed by atoms with Gasteiger partial charge >= 0.3 is 6.18 Å². The van der Waals surface area contributed by atoms with Gasteiger partial charge in [0.25, 0.3) is 11.8 Å². The molecule has 0 spiro atoms. The van der Waals surface area contributed by atoms with E-state index in [9.17, 15) is 22.8 Å². The van der Waals surface area contributed by atoms with Crippen molar-refractivity contribution in [2.24, 2.45) is 0 Å². The van der Waals surface area contributed by atoms with Crippen LogP contribution in [0.25, 0.3) is 11.6 Å². The van der Waals surface area contributed by atoms with Crippen molar-refractivity contribution in [2.75, 3.05) is 10.6 Å². The molecule has 0 fully saturated rings. The molecular formula is C21H14F3N3O2. The number of halogens is 3. The zero-order valence-corrected chi connectivity index (χ0v) is 14.8. The minimum atomic E-state index is -4.53. The third-order valence-electron chi connectivity index (χ3n) is 4.43. The number of aromatic nitrogens is 1. The third kappa shape index (κ3) is 3.77.